The van der Waals surface area contributed by atoms with Crippen LogP contribution in [0.4, 0.5) is 0 Å². The fourth-order valence-corrected chi connectivity index (χ4v) is 2.63. The minimum Gasteiger partial charge on any atom is -0.321 e. The van der Waals surface area contributed by atoms with E-state index in [1.165, 1.54) is 16.6 Å². The molecule has 1 aromatic carbocycles. The molecule has 90 valence electrons. The highest BCUT2D eigenvalue weighted by atomic mass is 15.3. The van der Waals surface area contributed by atoms with Crippen molar-refractivity contribution in [3.63, 3.8) is 0 Å². The summed E-state index contributed by atoms with van der Waals surface area (Å²) in [5, 5.41) is 5.94. The molecule has 3 rings (SSSR count). The maximum atomic E-state index is 6.35. The minimum absolute atomic E-state index is 0.0882. The van der Waals surface area contributed by atoms with Crippen molar-refractivity contribution >= 4 is 10.9 Å². The largest absolute Gasteiger partial charge is 0.321 e. The Bertz CT molecular complexity index is 576. The summed E-state index contributed by atoms with van der Waals surface area (Å²) in [5.41, 5.74) is 9.85. The topological polar surface area (TPSA) is 43.8 Å². The first-order valence-corrected chi connectivity index (χ1v) is 6.30. The lowest BCUT2D eigenvalue weighted by Crippen LogP contribution is -2.19. The Hall–Kier alpha value is -1.35. The smallest absolute Gasteiger partial charge is 0.0929 e. The van der Waals surface area contributed by atoms with Gasteiger partial charge < -0.3 is 5.73 Å². The van der Waals surface area contributed by atoms with Crippen LogP contribution in [0.3, 0.4) is 0 Å². The lowest BCUT2D eigenvalue weighted by atomic mass is 10.00. The quantitative estimate of drug-likeness (QED) is 0.860. The molecule has 0 unspecified atom stereocenters. The first kappa shape index (κ1) is 10.8. The molecule has 0 spiro atoms. The third-order valence-electron chi connectivity index (χ3n) is 3.78. The number of nitrogens with zero attached hydrogens (tertiary/aromatic N) is 2. The van der Waals surface area contributed by atoms with Gasteiger partial charge in [0.15, 0.2) is 0 Å². The van der Waals surface area contributed by atoms with E-state index in [1.54, 1.807) is 0 Å². The van der Waals surface area contributed by atoms with Crippen LogP contribution in [0.25, 0.3) is 10.9 Å². The number of aryl methyl sites for hydroxylation is 1. The molecule has 17 heavy (non-hydrogen) atoms. The molecule has 1 aliphatic carbocycles. The van der Waals surface area contributed by atoms with Gasteiger partial charge in [0, 0.05) is 22.7 Å². The summed E-state index contributed by atoms with van der Waals surface area (Å²) in [6.07, 6.45) is 2.19. The summed E-state index contributed by atoms with van der Waals surface area (Å²) in [6.45, 7) is 6.46. The minimum atomic E-state index is -0.0882. The number of fused-ring (bicyclic) bond motifs is 1. The average Bonchev–Trinajstić information content (AvgIpc) is 2.94. The van der Waals surface area contributed by atoms with Gasteiger partial charge >= 0.3 is 0 Å². The standard InChI is InChI=1S/C14H19N3/c1-9(2)17-10(3)13-11(14(15)7-8-14)5-4-6-12(13)16-17/h4-6,9H,7-8,15H2,1-3H3. The Balaban J connectivity index is 2.31. The second kappa shape index (κ2) is 3.33. The fraction of sp³-hybridized carbons (Fsp3) is 0.500. The molecular weight excluding hydrogens is 210 g/mol. The number of hydrogen-bond acceptors (Lipinski definition) is 2. The van der Waals surface area contributed by atoms with Crippen molar-refractivity contribution in [2.24, 2.45) is 5.73 Å². The van der Waals surface area contributed by atoms with Crippen LogP contribution in [0.15, 0.2) is 18.2 Å². The van der Waals surface area contributed by atoms with Crippen molar-refractivity contribution in [3.05, 3.63) is 29.5 Å². The summed E-state index contributed by atoms with van der Waals surface area (Å²) in [5.74, 6) is 0. The predicted octanol–water partition coefficient (Wildman–Crippen LogP) is 2.87. The van der Waals surface area contributed by atoms with Gasteiger partial charge in [-0.1, -0.05) is 12.1 Å². The monoisotopic (exact) mass is 229 g/mol. The highest BCUT2D eigenvalue weighted by Gasteiger charge is 2.41. The molecule has 0 atom stereocenters. The van der Waals surface area contributed by atoms with Crippen LogP contribution in [0, 0.1) is 6.92 Å². The van der Waals surface area contributed by atoms with Gasteiger partial charge in [-0.2, -0.15) is 5.10 Å². The number of aromatic nitrogens is 2. The Morgan fingerprint density at radius 1 is 1.35 bits per heavy atom. The van der Waals surface area contributed by atoms with E-state index in [9.17, 15) is 0 Å². The van der Waals surface area contributed by atoms with Crippen molar-refractivity contribution in [2.45, 2.75) is 45.2 Å². The van der Waals surface area contributed by atoms with Gasteiger partial charge in [0.25, 0.3) is 0 Å². The van der Waals surface area contributed by atoms with Crippen LogP contribution < -0.4 is 5.73 Å². The molecule has 2 aromatic rings. The average molecular weight is 229 g/mol. The van der Waals surface area contributed by atoms with E-state index in [0.29, 0.717) is 6.04 Å². The zero-order valence-electron chi connectivity index (χ0n) is 10.7. The van der Waals surface area contributed by atoms with E-state index < -0.39 is 0 Å². The van der Waals surface area contributed by atoms with Crippen LogP contribution in [-0.2, 0) is 5.54 Å². The number of nitrogens with two attached hydrogens (primary N) is 1. The van der Waals surface area contributed by atoms with Gasteiger partial charge in [0.2, 0.25) is 0 Å². The van der Waals surface area contributed by atoms with Crippen LogP contribution in [0.5, 0.6) is 0 Å². The number of hydrogen-bond donors (Lipinski definition) is 1. The van der Waals surface area contributed by atoms with Crippen LogP contribution >= 0.6 is 0 Å². The fourth-order valence-electron chi connectivity index (χ4n) is 2.63. The predicted molar refractivity (Wildman–Crippen MR) is 70.0 cm³/mol. The van der Waals surface area contributed by atoms with Crippen molar-refractivity contribution in [2.75, 3.05) is 0 Å². The van der Waals surface area contributed by atoms with Gasteiger partial charge in [-0.25, -0.2) is 0 Å². The third kappa shape index (κ3) is 1.49. The molecular formula is C14H19N3. The maximum Gasteiger partial charge on any atom is 0.0929 e. The zero-order chi connectivity index (χ0) is 12.2. The second-order valence-corrected chi connectivity index (χ2v) is 5.48. The first-order chi connectivity index (χ1) is 8.03. The molecule has 2 N–H and O–H groups in total. The Morgan fingerprint density at radius 3 is 2.65 bits per heavy atom. The third-order valence-corrected chi connectivity index (χ3v) is 3.78. The first-order valence-electron chi connectivity index (χ1n) is 6.30. The molecule has 1 heterocycles. The Labute approximate surface area is 102 Å². The molecule has 1 aromatic heterocycles. The van der Waals surface area contributed by atoms with Gasteiger partial charge in [-0.05, 0) is 45.2 Å². The van der Waals surface area contributed by atoms with Crippen molar-refractivity contribution in [1.82, 2.24) is 9.78 Å². The highest BCUT2D eigenvalue weighted by Crippen LogP contribution is 2.45. The molecule has 1 saturated carbocycles. The van der Waals surface area contributed by atoms with E-state index in [4.69, 9.17) is 5.73 Å². The van der Waals surface area contributed by atoms with Crippen molar-refractivity contribution in [1.29, 1.82) is 0 Å². The molecule has 1 fully saturated rings. The van der Waals surface area contributed by atoms with Crippen LogP contribution in [0.2, 0.25) is 0 Å². The van der Waals surface area contributed by atoms with Gasteiger partial charge in [0.1, 0.15) is 0 Å². The molecule has 0 radical (unpaired) electrons. The molecule has 3 heteroatoms. The second-order valence-electron chi connectivity index (χ2n) is 5.48. The molecule has 0 amide bonds. The van der Waals surface area contributed by atoms with E-state index in [0.717, 1.165) is 18.4 Å². The molecule has 0 bridgehead atoms. The van der Waals surface area contributed by atoms with E-state index >= 15 is 0 Å². The van der Waals surface area contributed by atoms with Gasteiger partial charge in [0.05, 0.1) is 5.52 Å². The molecule has 1 aliphatic rings. The summed E-state index contributed by atoms with van der Waals surface area (Å²) in [7, 11) is 0. The van der Waals surface area contributed by atoms with Gasteiger partial charge in [-0.3, -0.25) is 4.68 Å². The molecule has 0 saturated heterocycles. The van der Waals surface area contributed by atoms with E-state index in [-0.39, 0.29) is 5.54 Å². The van der Waals surface area contributed by atoms with Crippen molar-refractivity contribution in [3.8, 4) is 0 Å². The summed E-state index contributed by atoms with van der Waals surface area (Å²) in [4.78, 5) is 0. The zero-order valence-corrected chi connectivity index (χ0v) is 10.7. The highest BCUT2D eigenvalue weighted by molar-refractivity contribution is 5.86. The molecule has 0 aliphatic heterocycles. The maximum absolute atomic E-state index is 6.35. The number of rotatable bonds is 2. The van der Waals surface area contributed by atoms with Gasteiger partial charge in [-0.15, -0.1) is 0 Å². The Kier molecular flexibility index (Phi) is 2.11. The SMILES string of the molecule is Cc1c2c(C3(N)CC3)cccc2nn1C(C)C. The van der Waals surface area contributed by atoms with E-state index in [2.05, 4.69) is 48.8 Å². The van der Waals surface area contributed by atoms with Crippen molar-refractivity contribution < 1.29 is 0 Å². The van der Waals surface area contributed by atoms with Crippen LogP contribution in [0.1, 0.15) is 44.0 Å². The molecule has 3 nitrogen and oxygen atoms in total. The normalized spacial score (nSPS) is 17.9. The Morgan fingerprint density at radius 2 is 2.06 bits per heavy atom. The summed E-state index contributed by atoms with van der Waals surface area (Å²) < 4.78 is 2.10. The lowest BCUT2D eigenvalue weighted by molar-refractivity contribution is 0.524. The summed E-state index contributed by atoms with van der Waals surface area (Å²) in [6, 6.07) is 6.70. The lowest BCUT2D eigenvalue weighted by Gasteiger charge is -2.12. The van der Waals surface area contributed by atoms with Crippen LogP contribution in [-0.4, -0.2) is 9.78 Å². The summed E-state index contributed by atoms with van der Waals surface area (Å²) >= 11 is 0. The van der Waals surface area contributed by atoms with E-state index in [1.807, 2.05) is 0 Å². The number of benzene rings is 1.